The average molecular weight is 299 g/mol. The van der Waals surface area contributed by atoms with Crippen LogP contribution in [0.15, 0.2) is 48.5 Å². The van der Waals surface area contributed by atoms with Crippen molar-refractivity contribution in [3.63, 3.8) is 0 Å². The first-order chi connectivity index (χ1) is 9.34. The van der Waals surface area contributed by atoms with Gasteiger partial charge in [-0.15, -0.1) is 0 Å². The molecule has 0 N–H and O–H groups in total. The standard InChI is InChI=1S/C13H8F3NO2S/c14-13(15,16)20(18,19)17-11-7-3-1-5-9(11)10-6-2-4-8-12(10)17/h1-8H. The Bertz CT molecular complexity index is 857. The van der Waals surface area contributed by atoms with Gasteiger partial charge in [0.15, 0.2) is 0 Å². The van der Waals surface area contributed by atoms with Gasteiger partial charge in [0.25, 0.3) is 0 Å². The molecule has 1 aromatic heterocycles. The average Bonchev–Trinajstić information content (AvgIpc) is 2.72. The lowest BCUT2D eigenvalue weighted by Crippen LogP contribution is -2.29. The normalized spacial score (nSPS) is 13.2. The molecule has 104 valence electrons. The van der Waals surface area contributed by atoms with Gasteiger partial charge in [0.2, 0.25) is 0 Å². The maximum Gasteiger partial charge on any atom is 0.517 e. The third-order valence-electron chi connectivity index (χ3n) is 3.07. The van der Waals surface area contributed by atoms with Gasteiger partial charge in [-0.3, -0.25) is 0 Å². The second-order valence-corrected chi connectivity index (χ2v) is 6.03. The van der Waals surface area contributed by atoms with E-state index in [1.54, 1.807) is 24.3 Å². The van der Waals surface area contributed by atoms with Crippen molar-refractivity contribution in [2.24, 2.45) is 0 Å². The summed E-state index contributed by atoms with van der Waals surface area (Å²) in [6, 6.07) is 12.2. The lowest BCUT2D eigenvalue weighted by atomic mass is 10.2. The zero-order valence-electron chi connectivity index (χ0n) is 9.92. The van der Waals surface area contributed by atoms with Gasteiger partial charge in [0.1, 0.15) is 0 Å². The molecule has 1 heterocycles. The van der Waals surface area contributed by atoms with Crippen LogP contribution in [0.1, 0.15) is 0 Å². The fraction of sp³-hybridized carbons (Fsp3) is 0.0769. The van der Waals surface area contributed by atoms with Gasteiger partial charge in [-0.05, 0) is 12.1 Å². The maximum atomic E-state index is 12.8. The molecule has 0 spiro atoms. The zero-order valence-corrected chi connectivity index (χ0v) is 10.7. The van der Waals surface area contributed by atoms with E-state index in [0.29, 0.717) is 14.7 Å². The van der Waals surface area contributed by atoms with E-state index >= 15 is 0 Å². The predicted octanol–water partition coefficient (Wildman–Crippen LogP) is 3.49. The first-order valence-electron chi connectivity index (χ1n) is 5.64. The molecule has 0 aliphatic heterocycles. The van der Waals surface area contributed by atoms with Crippen molar-refractivity contribution in [1.29, 1.82) is 0 Å². The van der Waals surface area contributed by atoms with E-state index in [-0.39, 0.29) is 11.0 Å². The van der Waals surface area contributed by atoms with E-state index in [9.17, 15) is 21.6 Å². The van der Waals surface area contributed by atoms with Crippen LogP contribution in [0.2, 0.25) is 0 Å². The summed E-state index contributed by atoms with van der Waals surface area (Å²) in [5.41, 5.74) is -5.31. The third kappa shape index (κ3) is 1.62. The van der Waals surface area contributed by atoms with E-state index in [0.717, 1.165) is 0 Å². The van der Waals surface area contributed by atoms with Gasteiger partial charge in [-0.2, -0.15) is 21.6 Å². The highest BCUT2D eigenvalue weighted by molar-refractivity contribution is 7.91. The number of halogens is 3. The molecule has 0 amide bonds. The van der Waals surface area contributed by atoms with Crippen molar-refractivity contribution in [2.75, 3.05) is 0 Å². The highest BCUT2D eigenvalue weighted by atomic mass is 32.2. The largest absolute Gasteiger partial charge is 0.517 e. The summed E-state index contributed by atoms with van der Waals surface area (Å²) >= 11 is 0. The Morgan fingerprint density at radius 3 is 1.60 bits per heavy atom. The number of nitrogens with zero attached hydrogens (tertiary/aromatic N) is 1. The number of rotatable bonds is 1. The van der Waals surface area contributed by atoms with Crippen LogP contribution in [-0.4, -0.2) is 17.9 Å². The van der Waals surface area contributed by atoms with E-state index in [1.807, 2.05) is 0 Å². The fourth-order valence-corrected chi connectivity index (χ4v) is 3.29. The Kier molecular flexibility index (Phi) is 2.59. The minimum atomic E-state index is -5.47. The summed E-state index contributed by atoms with van der Waals surface area (Å²) in [5.74, 6) is 0. The lowest BCUT2D eigenvalue weighted by Gasteiger charge is -2.11. The van der Waals surface area contributed by atoms with Crippen molar-refractivity contribution >= 4 is 31.8 Å². The summed E-state index contributed by atoms with van der Waals surface area (Å²) in [7, 11) is -5.47. The molecule has 3 nitrogen and oxygen atoms in total. The van der Waals surface area contributed by atoms with Crippen LogP contribution in [-0.2, 0) is 10.0 Å². The summed E-state index contributed by atoms with van der Waals surface area (Å²) in [6.45, 7) is 0. The quantitative estimate of drug-likeness (QED) is 0.690. The molecule has 20 heavy (non-hydrogen) atoms. The van der Waals surface area contributed by atoms with Crippen LogP contribution >= 0.6 is 0 Å². The van der Waals surface area contributed by atoms with Crippen molar-refractivity contribution in [3.8, 4) is 0 Å². The molecule has 0 aliphatic carbocycles. The van der Waals surface area contributed by atoms with Crippen LogP contribution in [0.25, 0.3) is 21.8 Å². The molecule has 0 atom stereocenters. The van der Waals surface area contributed by atoms with E-state index in [1.165, 1.54) is 24.3 Å². The maximum absolute atomic E-state index is 12.8. The second-order valence-electron chi connectivity index (χ2n) is 4.25. The summed E-state index contributed by atoms with van der Waals surface area (Å²) in [5, 5.41) is 0.937. The molecule has 0 saturated heterocycles. The van der Waals surface area contributed by atoms with Gasteiger partial charge in [0, 0.05) is 10.8 Å². The molecule has 0 unspecified atom stereocenters. The minimum absolute atomic E-state index is 0.0195. The molecule has 0 fully saturated rings. The number of hydrogen-bond donors (Lipinski definition) is 0. The summed E-state index contributed by atoms with van der Waals surface area (Å²) < 4.78 is 62.5. The van der Waals surface area contributed by atoms with Crippen LogP contribution in [0.5, 0.6) is 0 Å². The molecule has 3 rings (SSSR count). The SMILES string of the molecule is O=S(=O)(n1c2ccccc2c2ccccc21)C(F)(F)F. The molecule has 7 heteroatoms. The van der Waals surface area contributed by atoms with Crippen LogP contribution in [0, 0.1) is 0 Å². The molecule has 0 saturated carbocycles. The van der Waals surface area contributed by atoms with Crippen molar-refractivity contribution in [3.05, 3.63) is 48.5 Å². The van der Waals surface area contributed by atoms with E-state index < -0.39 is 15.5 Å². The number of alkyl halides is 3. The Labute approximate surface area is 112 Å². The van der Waals surface area contributed by atoms with Gasteiger partial charge < -0.3 is 0 Å². The predicted molar refractivity (Wildman–Crippen MR) is 69.8 cm³/mol. The molecule has 0 radical (unpaired) electrons. The highest BCUT2D eigenvalue weighted by Crippen LogP contribution is 2.35. The van der Waals surface area contributed by atoms with Crippen LogP contribution in [0.4, 0.5) is 13.2 Å². The van der Waals surface area contributed by atoms with Gasteiger partial charge in [-0.25, -0.2) is 3.97 Å². The topological polar surface area (TPSA) is 39.1 Å². The van der Waals surface area contributed by atoms with Crippen molar-refractivity contribution < 1.29 is 21.6 Å². The molecule has 2 aromatic carbocycles. The van der Waals surface area contributed by atoms with Crippen LogP contribution in [0.3, 0.4) is 0 Å². The summed E-state index contributed by atoms with van der Waals surface area (Å²) in [6.07, 6.45) is 0. The third-order valence-corrected chi connectivity index (χ3v) is 4.53. The number of fused-ring (bicyclic) bond motifs is 3. The zero-order chi connectivity index (χ0) is 14.5. The van der Waals surface area contributed by atoms with Crippen LogP contribution < -0.4 is 0 Å². The first-order valence-corrected chi connectivity index (χ1v) is 7.08. The lowest BCUT2D eigenvalue weighted by molar-refractivity contribution is -0.0444. The minimum Gasteiger partial charge on any atom is -0.230 e. The Morgan fingerprint density at radius 2 is 1.20 bits per heavy atom. The first kappa shape index (κ1) is 13.0. The second kappa shape index (κ2) is 3.99. The van der Waals surface area contributed by atoms with Crippen molar-refractivity contribution in [2.45, 2.75) is 5.51 Å². The number of para-hydroxylation sites is 2. The monoisotopic (exact) mass is 299 g/mol. The molecule has 0 aliphatic rings. The Hall–Kier alpha value is -2.02. The van der Waals surface area contributed by atoms with E-state index in [2.05, 4.69) is 0 Å². The smallest absolute Gasteiger partial charge is 0.230 e. The van der Waals surface area contributed by atoms with Gasteiger partial charge in [-0.1, -0.05) is 36.4 Å². The Balaban J connectivity index is 2.58. The van der Waals surface area contributed by atoms with Gasteiger partial charge >= 0.3 is 15.5 Å². The molecular formula is C13H8F3NO2S. The fourth-order valence-electron chi connectivity index (χ4n) is 2.25. The van der Waals surface area contributed by atoms with Gasteiger partial charge in [0.05, 0.1) is 11.0 Å². The number of aromatic nitrogens is 1. The molecule has 0 bridgehead atoms. The highest BCUT2D eigenvalue weighted by Gasteiger charge is 2.48. The number of benzene rings is 2. The van der Waals surface area contributed by atoms with Crippen molar-refractivity contribution in [1.82, 2.24) is 3.97 Å². The number of hydrogen-bond acceptors (Lipinski definition) is 2. The Morgan fingerprint density at radius 1 is 0.800 bits per heavy atom. The summed E-state index contributed by atoms with van der Waals surface area (Å²) in [4.78, 5) is 0. The molecule has 3 aromatic rings. The molecular weight excluding hydrogens is 291 g/mol. The van der Waals surface area contributed by atoms with E-state index in [4.69, 9.17) is 0 Å².